The third-order valence-electron chi connectivity index (χ3n) is 4.18. The molecule has 0 saturated carbocycles. The number of aromatic nitrogens is 3. The van der Waals surface area contributed by atoms with Crippen molar-refractivity contribution in [2.24, 2.45) is 0 Å². The van der Waals surface area contributed by atoms with Crippen molar-refractivity contribution in [3.05, 3.63) is 41.0 Å². The van der Waals surface area contributed by atoms with E-state index in [0.29, 0.717) is 40.3 Å². The molecule has 2 N–H and O–H groups in total. The SMILES string of the molecule is CCN(CC(=O)O)c1c(C)c(Nc2ccc(OC)cc2Cl)nc2ccnn12. The van der Waals surface area contributed by atoms with Gasteiger partial charge in [-0.1, -0.05) is 11.6 Å². The van der Waals surface area contributed by atoms with E-state index in [0.717, 1.165) is 5.56 Å². The summed E-state index contributed by atoms with van der Waals surface area (Å²) in [4.78, 5) is 17.6. The number of ether oxygens (including phenoxy) is 1. The van der Waals surface area contributed by atoms with E-state index in [1.807, 2.05) is 13.8 Å². The van der Waals surface area contributed by atoms with E-state index in [2.05, 4.69) is 15.4 Å². The number of nitrogens with one attached hydrogen (secondary N) is 1. The van der Waals surface area contributed by atoms with Crippen LogP contribution in [0.15, 0.2) is 30.5 Å². The van der Waals surface area contributed by atoms with Gasteiger partial charge in [0.15, 0.2) is 5.65 Å². The van der Waals surface area contributed by atoms with Crippen LogP contribution >= 0.6 is 11.6 Å². The van der Waals surface area contributed by atoms with Gasteiger partial charge in [-0.3, -0.25) is 4.79 Å². The molecule has 0 radical (unpaired) electrons. The molecule has 2 heterocycles. The summed E-state index contributed by atoms with van der Waals surface area (Å²) in [6, 6.07) is 7.07. The van der Waals surface area contributed by atoms with E-state index in [-0.39, 0.29) is 6.54 Å². The molecule has 0 aliphatic carbocycles. The molecular formula is C18H20ClN5O3. The topological polar surface area (TPSA) is 92.0 Å². The Balaban J connectivity index is 2.09. The first-order chi connectivity index (χ1) is 12.9. The van der Waals surface area contributed by atoms with Crippen molar-refractivity contribution in [1.82, 2.24) is 14.6 Å². The van der Waals surface area contributed by atoms with Crippen LogP contribution in [0.5, 0.6) is 5.75 Å². The highest BCUT2D eigenvalue weighted by Crippen LogP contribution is 2.32. The Bertz CT molecular complexity index is 989. The van der Waals surface area contributed by atoms with Crippen molar-refractivity contribution in [2.45, 2.75) is 13.8 Å². The predicted octanol–water partition coefficient (Wildman–Crippen LogP) is 3.35. The molecule has 0 aliphatic heterocycles. The molecule has 0 aliphatic rings. The van der Waals surface area contributed by atoms with E-state index >= 15 is 0 Å². The maximum atomic E-state index is 11.3. The van der Waals surface area contributed by atoms with Gasteiger partial charge in [0.1, 0.15) is 23.9 Å². The number of methoxy groups -OCH3 is 1. The Morgan fingerprint density at radius 3 is 2.81 bits per heavy atom. The second kappa shape index (κ2) is 7.71. The van der Waals surface area contributed by atoms with Crippen molar-refractivity contribution < 1.29 is 14.6 Å². The molecule has 0 bridgehead atoms. The van der Waals surface area contributed by atoms with Crippen LogP contribution in [0.2, 0.25) is 5.02 Å². The fourth-order valence-corrected chi connectivity index (χ4v) is 3.07. The Hall–Kier alpha value is -3.00. The summed E-state index contributed by atoms with van der Waals surface area (Å²) in [5.41, 5.74) is 2.04. The number of carboxylic acids is 1. The van der Waals surface area contributed by atoms with Crippen molar-refractivity contribution in [1.29, 1.82) is 0 Å². The molecule has 3 rings (SSSR count). The van der Waals surface area contributed by atoms with Gasteiger partial charge in [0.05, 0.1) is 24.0 Å². The monoisotopic (exact) mass is 389 g/mol. The van der Waals surface area contributed by atoms with Crippen molar-refractivity contribution in [3.63, 3.8) is 0 Å². The first kappa shape index (κ1) is 18.8. The quantitative estimate of drug-likeness (QED) is 0.640. The number of hydrogen-bond acceptors (Lipinski definition) is 6. The van der Waals surface area contributed by atoms with Gasteiger partial charge >= 0.3 is 5.97 Å². The minimum Gasteiger partial charge on any atom is -0.497 e. The highest BCUT2D eigenvalue weighted by atomic mass is 35.5. The first-order valence-electron chi connectivity index (χ1n) is 8.36. The lowest BCUT2D eigenvalue weighted by atomic mass is 10.2. The summed E-state index contributed by atoms with van der Waals surface area (Å²) < 4.78 is 6.81. The zero-order valence-electron chi connectivity index (χ0n) is 15.2. The average molecular weight is 390 g/mol. The minimum atomic E-state index is -0.916. The number of aliphatic carboxylic acids is 1. The maximum absolute atomic E-state index is 11.3. The summed E-state index contributed by atoms with van der Waals surface area (Å²) in [5, 5.41) is 17.3. The fraction of sp³-hybridized carbons (Fsp3) is 0.278. The van der Waals surface area contributed by atoms with Crippen LogP contribution in [0.25, 0.3) is 5.65 Å². The molecule has 0 fully saturated rings. The minimum absolute atomic E-state index is 0.140. The molecule has 0 unspecified atom stereocenters. The molecule has 8 nitrogen and oxygen atoms in total. The molecular weight excluding hydrogens is 370 g/mol. The summed E-state index contributed by atoms with van der Waals surface area (Å²) in [6.45, 7) is 4.13. The van der Waals surface area contributed by atoms with Gasteiger partial charge < -0.3 is 20.1 Å². The number of halogens is 1. The number of benzene rings is 1. The normalized spacial score (nSPS) is 10.8. The summed E-state index contributed by atoms with van der Waals surface area (Å²) in [7, 11) is 1.58. The second-order valence-corrected chi connectivity index (χ2v) is 6.30. The van der Waals surface area contributed by atoms with Gasteiger partial charge in [0.25, 0.3) is 0 Å². The van der Waals surface area contributed by atoms with Gasteiger partial charge in [-0.05, 0) is 26.0 Å². The van der Waals surface area contributed by atoms with Crippen LogP contribution in [0.1, 0.15) is 12.5 Å². The van der Waals surface area contributed by atoms with E-state index in [1.165, 1.54) is 0 Å². The van der Waals surface area contributed by atoms with Gasteiger partial charge in [-0.2, -0.15) is 9.61 Å². The Kier molecular flexibility index (Phi) is 5.36. The van der Waals surface area contributed by atoms with Crippen LogP contribution < -0.4 is 15.0 Å². The van der Waals surface area contributed by atoms with Crippen molar-refractivity contribution in [3.8, 4) is 5.75 Å². The number of nitrogens with zero attached hydrogens (tertiary/aromatic N) is 4. The molecule has 142 valence electrons. The van der Waals surface area contributed by atoms with Crippen LogP contribution in [0.3, 0.4) is 0 Å². The zero-order chi connectivity index (χ0) is 19.6. The number of carbonyl (C=O) groups is 1. The number of fused-ring (bicyclic) bond motifs is 1. The summed E-state index contributed by atoms with van der Waals surface area (Å²) >= 11 is 6.33. The van der Waals surface area contributed by atoms with E-state index in [1.54, 1.807) is 47.0 Å². The highest BCUT2D eigenvalue weighted by molar-refractivity contribution is 6.33. The average Bonchev–Trinajstić information content (AvgIpc) is 3.10. The molecule has 0 saturated heterocycles. The molecule has 0 amide bonds. The molecule has 9 heteroatoms. The third-order valence-corrected chi connectivity index (χ3v) is 4.49. The second-order valence-electron chi connectivity index (χ2n) is 5.89. The lowest BCUT2D eigenvalue weighted by Gasteiger charge is -2.25. The Morgan fingerprint density at radius 1 is 1.41 bits per heavy atom. The molecule has 1 aromatic carbocycles. The Labute approximate surface area is 161 Å². The van der Waals surface area contributed by atoms with Gasteiger partial charge in [-0.25, -0.2) is 4.98 Å². The number of likely N-dealkylation sites (N-methyl/N-ethyl adjacent to an activating group) is 1. The molecule has 0 atom stereocenters. The lowest BCUT2D eigenvalue weighted by molar-refractivity contribution is -0.135. The van der Waals surface area contributed by atoms with Crippen LogP contribution in [-0.2, 0) is 4.79 Å². The number of rotatable bonds is 7. The molecule has 27 heavy (non-hydrogen) atoms. The number of anilines is 3. The molecule has 3 aromatic rings. The molecule has 0 spiro atoms. The van der Waals surface area contributed by atoms with Gasteiger partial charge in [0, 0.05) is 24.2 Å². The summed E-state index contributed by atoms with van der Waals surface area (Å²) in [5.74, 6) is 0.984. The molecule has 2 aromatic heterocycles. The lowest BCUT2D eigenvalue weighted by Crippen LogP contribution is -2.32. The largest absolute Gasteiger partial charge is 0.497 e. The van der Waals surface area contributed by atoms with Crippen molar-refractivity contribution in [2.75, 3.05) is 30.4 Å². The first-order valence-corrected chi connectivity index (χ1v) is 8.74. The highest BCUT2D eigenvalue weighted by Gasteiger charge is 2.20. The zero-order valence-corrected chi connectivity index (χ0v) is 16.0. The fourth-order valence-electron chi connectivity index (χ4n) is 2.85. The predicted molar refractivity (Wildman–Crippen MR) is 105 cm³/mol. The smallest absolute Gasteiger partial charge is 0.323 e. The van der Waals surface area contributed by atoms with Crippen LogP contribution in [-0.4, -0.2) is 45.9 Å². The number of hydrogen-bond donors (Lipinski definition) is 2. The van der Waals surface area contributed by atoms with E-state index < -0.39 is 5.97 Å². The Morgan fingerprint density at radius 2 is 2.19 bits per heavy atom. The van der Waals surface area contributed by atoms with Gasteiger partial charge in [-0.15, -0.1) is 0 Å². The van der Waals surface area contributed by atoms with E-state index in [4.69, 9.17) is 16.3 Å². The maximum Gasteiger partial charge on any atom is 0.323 e. The van der Waals surface area contributed by atoms with Crippen LogP contribution in [0, 0.1) is 6.92 Å². The van der Waals surface area contributed by atoms with E-state index in [9.17, 15) is 9.90 Å². The van der Waals surface area contributed by atoms with Crippen LogP contribution in [0.4, 0.5) is 17.3 Å². The third kappa shape index (κ3) is 3.75. The number of carboxylic acid groups (broad SMARTS) is 1. The standard InChI is InChI=1S/C18H20ClN5O3/c1-4-23(10-16(25)26)18-11(2)17(22-15-7-8-20-24(15)18)21-14-6-5-12(27-3)9-13(14)19/h5-9H,4,10H2,1-3H3,(H,21,22)(H,25,26). The van der Waals surface area contributed by atoms with Crippen molar-refractivity contribution >= 4 is 40.5 Å². The summed E-state index contributed by atoms with van der Waals surface area (Å²) in [6.07, 6.45) is 1.63. The van der Waals surface area contributed by atoms with Gasteiger partial charge in [0.2, 0.25) is 0 Å².